The Bertz CT molecular complexity index is 486. The minimum Gasteiger partial charge on any atom is -0.494 e. The Morgan fingerprint density at radius 2 is 2.17 bits per heavy atom. The molecule has 5 heteroatoms. The van der Waals surface area contributed by atoms with Crippen LogP contribution in [0.2, 0.25) is 0 Å². The molecule has 1 fully saturated rings. The molecular formula is C18H30N4O. The highest BCUT2D eigenvalue weighted by Crippen LogP contribution is 2.16. The van der Waals surface area contributed by atoms with Gasteiger partial charge in [0.05, 0.1) is 13.2 Å². The van der Waals surface area contributed by atoms with E-state index in [1.54, 1.807) is 0 Å². The standard InChI is InChI=1S/C18H30N4O/c1-3-22-12-4-6-16(22)14-21-18(19)20-11-5-13-23-17-9-7-15(2)8-10-17/h7-10,16H,3-6,11-14H2,1-2H3,(H3,19,20,21). The van der Waals surface area contributed by atoms with Gasteiger partial charge in [0.1, 0.15) is 5.75 Å². The Balaban J connectivity index is 1.58. The number of nitrogens with zero attached hydrogens (tertiary/aromatic N) is 2. The first kappa shape index (κ1) is 17.6. The van der Waals surface area contributed by atoms with Gasteiger partial charge in [-0.15, -0.1) is 0 Å². The minimum atomic E-state index is 0.545. The molecule has 0 spiro atoms. The second kappa shape index (κ2) is 9.40. The average Bonchev–Trinajstić information content (AvgIpc) is 3.02. The van der Waals surface area contributed by atoms with E-state index < -0.39 is 0 Å². The third-order valence-corrected chi connectivity index (χ3v) is 4.29. The molecule has 1 aromatic carbocycles. The SMILES string of the molecule is CCN1CCCC1CN=C(N)NCCCOc1ccc(C)cc1. The first-order valence-corrected chi connectivity index (χ1v) is 8.66. The summed E-state index contributed by atoms with van der Waals surface area (Å²) in [4.78, 5) is 6.95. The Morgan fingerprint density at radius 3 is 2.91 bits per heavy atom. The Kier molecular flexibility index (Phi) is 7.20. The van der Waals surface area contributed by atoms with Gasteiger partial charge in [0.2, 0.25) is 0 Å². The van der Waals surface area contributed by atoms with Gasteiger partial charge in [-0.05, 0) is 51.4 Å². The summed E-state index contributed by atoms with van der Waals surface area (Å²) >= 11 is 0. The molecule has 0 saturated carbocycles. The zero-order valence-electron chi connectivity index (χ0n) is 14.4. The fourth-order valence-corrected chi connectivity index (χ4v) is 2.89. The molecule has 1 unspecified atom stereocenters. The van der Waals surface area contributed by atoms with Crippen LogP contribution in [0, 0.1) is 6.92 Å². The number of guanidine groups is 1. The summed E-state index contributed by atoms with van der Waals surface area (Å²) in [6, 6.07) is 8.67. The summed E-state index contributed by atoms with van der Waals surface area (Å²) in [5.41, 5.74) is 7.17. The zero-order valence-corrected chi connectivity index (χ0v) is 14.4. The molecule has 2 rings (SSSR count). The Morgan fingerprint density at radius 1 is 1.39 bits per heavy atom. The molecule has 1 heterocycles. The summed E-state index contributed by atoms with van der Waals surface area (Å²) in [5, 5.41) is 3.16. The van der Waals surface area contributed by atoms with E-state index in [0.29, 0.717) is 18.6 Å². The van der Waals surface area contributed by atoms with Crippen LogP contribution >= 0.6 is 0 Å². The lowest BCUT2D eigenvalue weighted by Gasteiger charge is -2.20. The Hall–Kier alpha value is -1.75. The van der Waals surface area contributed by atoms with E-state index >= 15 is 0 Å². The van der Waals surface area contributed by atoms with Crippen molar-refractivity contribution in [3.8, 4) is 5.75 Å². The first-order chi connectivity index (χ1) is 11.2. The van der Waals surface area contributed by atoms with E-state index in [1.807, 2.05) is 12.1 Å². The van der Waals surface area contributed by atoms with Crippen molar-refractivity contribution in [3.63, 3.8) is 0 Å². The number of aliphatic imine (C=N–C) groups is 1. The quantitative estimate of drug-likeness (QED) is 0.438. The number of ether oxygens (including phenoxy) is 1. The number of benzene rings is 1. The molecule has 0 bridgehead atoms. The molecule has 0 aromatic heterocycles. The van der Waals surface area contributed by atoms with E-state index in [4.69, 9.17) is 10.5 Å². The number of nitrogens with one attached hydrogen (secondary N) is 1. The van der Waals surface area contributed by atoms with Crippen LogP contribution in [0.25, 0.3) is 0 Å². The van der Waals surface area contributed by atoms with Crippen molar-refractivity contribution >= 4 is 5.96 Å². The lowest BCUT2D eigenvalue weighted by Crippen LogP contribution is -2.36. The van der Waals surface area contributed by atoms with E-state index in [9.17, 15) is 0 Å². The summed E-state index contributed by atoms with van der Waals surface area (Å²) in [6.07, 6.45) is 3.40. The zero-order chi connectivity index (χ0) is 16.5. The van der Waals surface area contributed by atoms with Crippen LogP contribution in [0.4, 0.5) is 0 Å². The van der Waals surface area contributed by atoms with Gasteiger partial charge in [0, 0.05) is 12.6 Å². The summed E-state index contributed by atoms with van der Waals surface area (Å²) < 4.78 is 5.69. The molecule has 1 aliphatic rings. The summed E-state index contributed by atoms with van der Waals surface area (Å²) in [7, 11) is 0. The van der Waals surface area contributed by atoms with Crippen molar-refractivity contribution in [1.29, 1.82) is 0 Å². The number of likely N-dealkylation sites (tertiary alicyclic amines) is 1. The fourth-order valence-electron chi connectivity index (χ4n) is 2.89. The molecular weight excluding hydrogens is 288 g/mol. The van der Waals surface area contributed by atoms with Crippen molar-refractivity contribution in [2.45, 2.75) is 39.2 Å². The highest BCUT2D eigenvalue weighted by Gasteiger charge is 2.22. The third kappa shape index (κ3) is 6.10. The lowest BCUT2D eigenvalue weighted by atomic mass is 10.2. The molecule has 1 aromatic rings. The van der Waals surface area contributed by atoms with Crippen LogP contribution in [0.3, 0.4) is 0 Å². The van der Waals surface area contributed by atoms with Crippen molar-refractivity contribution in [1.82, 2.24) is 10.2 Å². The van der Waals surface area contributed by atoms with Gasteiger partial charge in [-0.3, -0.25) is 9.89 Å². The molecule has 0 radical (unpaired) electrons. The van der Waals surface area contributed by atoms with Crippen LogP contribution in [0.15, 0.2) is 29.3 Å². The van der Waals surface area contributed by atoms with E-state index in [2.05, 4.69) is 41.2 Å². The van der Waals surface area contributed by atoms with Gasteiger partial charge in [-0.25, -0.2) is 0 Å². The van der Waals surface area contributed by atoms with Gasteiger partial charge < -0.3 is 15.8 Å². The normalized spacial score (nSPS) is 19.0. The van der Waals surface area contributed by atoms with Gasteiger partial charge >= 0.3 is 0 Å². The van der Waals surface area contributed by atoms with Gasteiger partial charge in [-0.1, -0.05) is 24.6 Å². The maximum atomic E-state index is 5.93. The molecule has 1 saturated heterocycles. The third-order valence-electron chi connectivity index (χ3n) is 4.29. The predicted octanol–water partition coefficient (Wildman–Crippen LogP) is 2.15. The number of rotatable bonds is 8. The lowest BCUT2D eigenvalue weighted by molar-refractivity contribution is 0.273. The molecule has 128 valence electrons. The maximum Gasteiger partial charge on any atom is 0.188 e. The van der Waals surface area contributed by atoms with E-state index in [0.717, 1.165) is 31.8 Å². The number of hydrogen-bond donors (Lipinski definition) is 2. The van der Waals surface area contributed by atoms with Crippen LogP contribution < -0.4 is 15.8 Å². The van der Waals surface area contributed by atoms with E-state index in [-0.39, 0.29) is 0 Å². The molecule has 1 aliphatic heterocycles. The number of likely N-dealkylation sites (N-methyl/N-ethyl adjacent to an activating group) is 1. The topological polar surface area (TPSA) is 62.9 Å². The maximum absolute atomic E-state index is 5.93. The molecule has 5 nitrogen and oxygen atoms in total. The van der Waals surface area contributed by atoms with Crippen LogP contribution in [0.5, 0.6) is 5.75 Å². The highest BCUT2D eigenvalue weighted by molar-refractivity contribution is 5.77. The number of nitrogens with two attached hydrogens (primary N) is 1. The van der Waals surface area contributed by atoms with Gasteiger partial charge in [-0.2, -0.15) is 0 Å². The predicted molar refractivity (Wildman–Crippen MR) is 96.1 cm³/mol. The monoisotopic (exact) mass is 318 g/mol. The molecule has 0 aliphatic carbocycles. The Labute approximate surface area is 139 Å². The smallest absolute Gasteiger partial charge is 0.188 e. The largest absolute Gasteiger partial charge is 0.494 e. The van der Waals surface area contributed by atoms with Crippen LogP contribution in [-0.2, 0) is 0 Å². The van der Waals surface area contributed by atoms with E-state index in [1.165, 1.54) is 24.9 Å². The second-order valence-corrected chi connectivity index (χ2v) is 6.09. The average molecular weight is 318 g/mol. The molecule has 23 heavy (non-hydrogen) atoms. The van der Waals surface area contributed by atoms with Crippen molar-refractivity contribution in [2.75, 3.05) is 32.8 Å². The number of hydrogen-bond acceptors (Lipinski definition) is 3. The summed E-state index contributed by atoms with van der Waals surface area (Å²) in [5.74, 6) is 1.46. The summed E-state index contributed by atoms with van der Waals surface area (Å²) in [6.45, 7) is 8.83. The van der Waals surface area contributed by atoms with Crippen molar-refractivity contribution in [3.05, 3.63) is 29.8 Å². The molecule has 3 N–H and O–H groups in total. The van der Waals surface area contributed by atoms with Crippen LogP contribution in [0.1, 0.15) is 31.7 Å². The fraction of sp³-hybridized carbons (Fsp3) is 0.611. The first-order valence-electron chi connectivity index (χ1n) is 8.66. The highest BCUT2D eigenvalue weighted by atomic mass is 16.5. The molecule has 1 atom stereocenters. The van der Waals surface area contributed by atoms with Crippen molar-refractivity contribution in [2.24, 2.45) is 10.7 Å². The minimum absolute atomic E-state index is 0.545. The van der Waals surface area contributed by atoms with Gasteiger partial charge in [0.25, 0.3) is 0 Å². The van der Waals surface area contributed by atoms with Crippen molar-refractivity contribution < 1.29 is 4.74 Å². The second-order valence-electron chi connectivity index (χ2n) is 6.09. The van der Waals surface area contributed by atoms with Crippen LogP contribution in [-0.4, -0.2) is 49.7 Å². The number of aryl methyl sites for hydroxylation is 1. The molecule has 0 amide bonds. The van der Waals surface area contributed by atoms with Gasteiger partial charge in [0.15, 0.2) is 5.96 Å².